The molecule has 0 saturated heterocycles. The maximum atomic E-state index is 12.6. The van der Waals surface area contributed by atoms with Gasteiger partial charge in [-0.05, 0) is 44.9 Å². The second kappa shape index (κ2) is 34.3. The summed E-state index contributed by atoms with van der Waals surface area (Å²) >= 11 is 0. The molecule has 0 spiro atoms. The van der Waals surface area contributed by atoms with E-state index in [2.05, 4.69) is 38.2 Å². The van der Waals surface area contributed by atoms with Crippen molar-refractivity contribution < 1.29 is 42.1 Å². The second-order valence-electron chi connectivity index (χ2n) is 15.0. The van der Waals surface area contributed by atoms with Crippen LogP contribution in [0.4, 0.5) is 0 Å². The zero-order valence-corrected chi connectivity index (χ0v) is 34.4. The van der Waals surface area contributed by atoms with E-state index >= 15 is 0 Å². The van der Waals surface area contributed by atoms with Crippen molar-refractivity contribution in [1.82, 2.24) is 0 Å². The number of esters is 2. The molecule has 9 nitrogen and oxygen atoms in total. The lowest BCUT2D eigenvalue weighted by molar-refractivity contribution is -0.870. The number of carbonyl (C=O) groups excluding carboxylic acids is 2. The van der Waals surface area contributed by atoms with Gasteiger partial charge in [0, 0.05) is 12.8 Å². The van der Waals surface area contributed by atoms with Crippen molar-refractivity contribution in [2.75, 3.05) is 47.5 Å². The number of hydrogen-bond donors (Lipinski definition) is 0. The highest BCUT2D eigenvalue weighted by Crippen LogP contribution is 2.38. The number of unbranched alkanes of at least 4 members (excludes halogenated alkanes) is 19. The number of carbonyl (C=O) groups is 2. The van der Waals surface area contributed by atoms with Gasteiger partial charge in [-0.2, -0.15) is 0 Å². The highest BCUT2D eigenvalue weighted by molar-refractivity contribution is 7.45. The van der Waals surface area contributed by atoms with Crippen LogP contribution < -0.4 is 4.89 Å². The van der Waals surface area contributed by atoms with Crippen molar-refractivity contribution in [2.45, 2.75) is 180 Å². The van der Waals surface area contributed by atoms with Gasteiger partial charge in [-0.15, -0.1) is 0 Å². The van der Waals surface area contributed by atoms with Crippen LogP contribution in [0.15, 0.2) is 24.3 Å². The number of phosphoric acid groups is 1. The molecule has 0 fully saturated rings. The summed E-state index contributed by atoms with van der Waals surface area (Å²) in [5, 5.41) is 0. The average Bonchev–Trinajstić information content (AvgIpc) is 3.07. The normalized spacial score (nSPS) is 13.9. The van der Waals surface area contributed by atoms with E-state index in [0.717, 1.165) is 51.4 Å². The fraction of sp³-hybridized carbons (Fsp3) is 0.854. The van der Waals surface area contributed by atoms with Crippen LogP contribution in [0.5, 0.6) is 0 Å². The van der Waals surface area contributed by atoms with E-state index in [9.17, 15) is 19.0 Å². The molecule has 0 radical (unpaired) electrons. The Bertz CT molecular complexity index is 933. The van der Waals surface area contributed by atoms with Gasteiger partial charge in [0.1, 0.15) is 19.8 Å². The summed E-state index contributed by atoms with van der Waals surface area (Å²) in [5.74, 6) is -0.841. The van der Waals surface area contributed by atoms with Crippen molar-refractivity contribution >= 4 is 19.8 Å². The largest absolute Gasteiger partial charge is 0.756 e. The Morgan fingerprint density at radius 2 is 1.06 bits per heavy atom. The van der Waals surface area contributed by atoms with E-state index < -0.39 is 26.5 Å². The van der Waals surface area contributed by atoms with E-state index in [1.165, 1.54) is 89.9 Å². The van der Waals surface area contributed by atoms with Gasteiger partial charge >= 0.3 is 11.9 Å². The minimum atomic E-state index is -4.61. The number of phosphoric ester groups is 1. The molecule has 0 aromatic carbocycles. The highest BCUT2D eigenvalue weighted by Gasteiger charge is 2.21. The molecule has 0 amide bonds. The Labute approximate surface area is 313 Å². The maximum Gasteiger partial charge on any atom is 0.306 e. The topological polar surface area (TPSA) is 111 Å². The summed E-state index contributed by atoms with van der Waals surface area (Å²) in [5.41, 5.74) is 0. The van der Waals surface area contributed by atoms with Gasteiger partial charge in [-0.1, -0.05) is 141 Å². The summed E-state index contributed by atoms with van der Waals surface area (Å²) in [6, 6.07) is 0. The average molecular weight is 744 g/mol. The molecular weight excluding hydrogens is 665 g/mol. The van der Waals surface area contributed by atoms with E-state index in [0.29, 0.717) is 17.4 Å². The molecule has 0 heterocycles. The van der Waals surface area contributed by atoms with Gasteiger partial charge in [-0.3, -0.25) is 14.2 Å². The molecule has 51 heavy (non-hydrogen) atoms. The van der Waals surface area contributed by atoms with E-state index in [-0.39, 0.29) is 32.0 Å². The molecule has 0 bridgehead atoms. The van der Waals surface area contributed by atoms with Crippen molar-refractivity contribution in [3.63, 3.8) is 0 Å². The minimum Gasteiger partial charge on any atom is -0.756 e. The first-order valence-corrected chi connectivity index (χ1v) is 22.0. The summed E-state index contributed by atoms with van der Waals surface area (Å²) < 4.78 is 33.7. The minimum absolute atomic E-state index is 0.0303. The number of likely N-dealkylation sites (N-methyl/N-ethyl adjacent to an activating group) is 1. The van der Waals surface area contributed by atoms with Gasteiger partial charge in [0.05, 0.1) is 27.7 Å². The van der Waals surface area contributed by atoms with Crippen molar-refractivity contribution in [3.8, 4) is 0 Å². The van der Waals surface area contributed by atoms with Crippen LogP contribution >= 0.6 is 7.82 Å². The summed E-state index contributed by atoms with van der Waals surface area (Å²) in [7, 11) is 1.16. The van der Waals surface area contributed by atoms with Crippen LogP contribution in [-0.2, 0) is 32.7 Å². The second-order valence-corrected chi connectivity index (χ2v) is 16.4. The molecule has 2 atom stereocenters. The van der Waals surface area contributed by atoms with Gasteiger partial charge < -0.3 is 27.9 Å². The third-order valence-corrected chi connectivity index (χ3v) is 9.69. The molecule has 0 aliphatic carbocycles. The standard InChI is InChI=1S/C41H78NO8P/c1-6-8-10-12-14-16-17-18-19-20-21-22-23-24-25-26-28-30-32-34-41(44)50-39(38-49-51(45,46)48-36-35-42(3,4)5)37-47-40(43)33-31-29-27-15-13-11-9-7-2/h14,16,18-19,39H,6-13,15,17,20-38H2,1-5H3/b16-14+,19-18+/t39-/m1/s1. The van der Waals surface area contributed by atoms with Gasteiger partial charge in [0.25, 0.3) is 7.82 Å². The summed E-state index contributed by atoms with van der Waals surface area (Å²) in [6.45, 7) is 4.16. The van der Waals surface area contributed by atoms with Crippen molar-refractivity contribution in [2.24, 2.45) is 0 Å². The Balaban J connectivity index is 4.30. The molecular formula is C41H78NO8P. The Kier molecular flexibility index (Phi) is 33.3. The van der Waals surface area contributed by atoms with Gasteiger partial charge in [-0.25, -0.2) is 0 Å². The number of ether oxygens (including phenoxy) is 2. The van der Waals surface area contributed by atoms with Crippen LogP contribution in [0.25, 0.3) is 0 Å². The first kappa shape index (κ1) is 49.5. The van der Waals surface area contributed by atoms with Gasteiger partial charge in [0.15, 0.2) is 6.10 Å². The number of allylic oxidation sites excluding steroid dienone is 4. The smallest absolute Gasteiger partial charge is 0.306 e. The Morgan fingerprint density at radius 3 is 1.59 bits per heavy atom. The quantitative estimate of drug-likeness (QED) is 0.0203. The van der Waals surface area contributed by atoms with E-state index in [1.54, 1.807) is 0 Å². The van der Waals surface area contributed by atoms with Crippen LogP contribution in [0.3, 0.4) is 0 Å². The third kappa shape index (κ3) is 38.0. The fourth-order valence-corrected chi connectivity index (χ4v) is 6.18. The zero-order valence-electron chi connectivity index (χ0n) is 33.6. The highest BCUT2D eigenvalue weighted by atomic mass is 31.2. The van der Waals surface area contributed by atoms with E-state index in [4.69, 9.17) is 18.5 Å². The first-order chi connectivity index (χ1) is 24.5. The Morgan fingerprint density at radius 1 is 0.608 bits per heavy atom. The number of quaternary nitrogens is 1. The molecule has 0 N–H and O–H groups in total. The molecule has 0 saturated carbocycles. The van der Waals surface area contributed by atoms with Crippen LogP contribution in [-0.4, -0.2) is 70.0 Å². The molecule has 1 unspecified atom stereocenters. The first-order valence-electron chi connectivity index (χ1n) is 20.5. The van der Waals surface area contributed by atoms with Crippen LogP contribution in [0, 0.1) is 0 Å². The predicted octanol–water partition coefficient (Wildman–Crippen LogP) is 10.6. The lowest BCUT2D eigenvalue weighted by Crippen LogP contribution is -2.37. The molecule has 0 aliphatic rings. The molecule has 0 aromatic rings. The number of nitrogens with zero attached hydrogens (tertiary/aromatic N) is 1. The predicted molar refractivity (Wildman–Crippen MR) is 208 cm³/mol. The Hall–Kier alpha value is -1.51. The fourth-order valence-electron chi connectivity index (χ4n) is 5.45. The summed E-state index contributed by atoms with van der Waals surface area (Å²) in [6.07, 6.45) is 35.0. The zero-order chi connectivity index (χ0) is 37.9. The lowest BCUT2D eigenvalue weighted by Gasteiger charge is -2.28. The third-order valence-electron chi connectivity index (χ3n) is 8.72. The number of rotatable bonds is 37. The molecule has 10 heteroatoms. The van der Waals surface area contributed by atoms with E-state index in [1.807, 2.05) is 21.1 Å². The molecule has 0 aliphatic heterocycles. The monoisotopic (exact) mass is 744 g/mol. The number of hydrogen-bond acceptors (Lipinski definition) is 8. The molecule has 0 aromatic heterocycles. The SMILES string of the molecule is CCCCC/C=C/C/C=C/CCCCCCCCCCCC(=O)O[C@H](COC(=O)CCCCCCCCCC)COP(=O)([O-])OCC[N+](C)(C)C. The maximum absolute atomic E-state index is 12.6. The van der Waals surface area contributed by atoms with Crippen LogP contribution in [0.2, 0.25) is 0 Å². The molecule has 0 rings (SSSR count). The van der Waals surface area contributed by atoms with Crippen molar-refractivity contribution in [3.05, 3.63) is 24.3 Å². The van der Waals surface area contributed by atoms with Gasteiger partial charge in [0.2, 0.25) is 0 Å². The lowest BCUT2D eigenvalue weighted by atomic mass is 10.1. The molecule has 300 valence electrons. The summed E-state index contributed by atoms with van der Waals surface area (Å²) in [4.78, 5) is 37.3. The van der Waals surface area contributed by atoms with Crippen LogP contribution in [0.1, 0.15) is 174 Å². The van der Waals surface area contributed by atoms with Crippen molar-refractivity contribution in [1.29, 1.82) is 0 Å².